The summed E-state index contributed by atoms with van der Waals surface area (Å²) in [6.45, 7) is 8.59. The predicted molar refractivity (Wildman–Crippen MR) is 64.3 cm³/mol. The molecule has 0 fully saturated rings. The number of hydrogen-bond acceptors (Lipinski definition) is 0. The summed E-state index contributed by atoms with van der Waals surface area (Å²) in [6.07, 6.45) is 11.3. The second-order valence-electron chi connectivity index (χ2n) is 4.29. The van der Waals surface area contributed by atoms with E-state index < -0.39 is 0 Å². The molecule has 100 valence electrons. The molecule has 0 heterocycles. The molecular weight excluding hydrogens is 422 g/mol. The minimum atomic E-state index is 0. The first-order valence-electron chi connectivity index (χ1n) is 5.26. The van der Waals surface area contributed by atoms with Gasteiger partial charge in [0.1, 0.15) is 0 Å². The molecule has 0 aromatic rings. The molecule has 0 aromatic heterocycles. The smallest absolute Gasteiger partial charge is 0 e. The van der Waals surface area contributed by atoms with Crippen molar-refractivity contribution in [3.63, 3.8) is 0 Å². The molecule has 0 nitrogen and oxygen atoms in total. The van der Waals surface area contributed by atoms with Crippen LogP contribution in [0.3, 0.4) is 0 Å². The van der Waals surface area contributed by atoms with Crippen LogP contribution in [0.15, 0.2) is 46.6 Å². The van der Waals surface area contributed by atoms with Gasteiger partial charge >= 0.3 is 0 Å². The van der Waals surface area contributed by atoms with E-state index in [1.807, 2.05) is 0 Å². The summed E-state index contributed by atoms with van der Waals surface area (Å²) in [7, 11) is 0. The molecule has 0 aliphatic heterocycles. The van der Waals surface area contributed by atoms with E-state index in [9.17, 15) is 0 Å². The van der Waals surface area contributed by atoms with Crippen LogP contribution in [0, 0.1) is 0 Å². The van der Waals surface area contributed by atoms with Crippen molar-refractivity contribution < 1.29 is 77.2 Å². The minimum absolute atomic E-state index is 0. The van der Waals surface area contributed by atoms with Crippen LogP contribution >= 0.6 is 0 Å². The maximum atomic E-state index is 2.25. The van der Waals surface area contributed by atoms with Crippen LogP contribution < -0.4 is 24.8 Å². The Morgan fingerprint density at radius 3 is 1.00 bits per heavy atom. The van der Waals surface area contributed by atoms with Gasteiger partial charge in [0.05, 0.1) is 0 Å². The van der Waals surface area contributed by atoms with E-state index in [1.165, 1.54) is 35.1 Å². The van der Waals surface area contributed by atoms with Crippen molar-refractivity contribution >= 4 is 0 Å². The zero-order valence-electron chi connectivity index (χ0n) is 11.5. The quantitative estimate of drug-likeness (QED) is 0.433. The Balaban J connectivity index is -0.0000000891. The van der Waals surface area contributed by atoms with Gasteiger partial charge in [-0.05, 0) is 40.5 Å². The van der Waals surface area contributed by atoms with Gasteiger partial charge in [0.25, 0.3) is 0 Å². The van der Waals surface area contributed by atoms with E-state index >= 15 is 0 Å². The van der Waals surface area contributed by atoms with Crippen LogP contribution in [-0.4, -0.2) is 0 Å². The van der Waals surface area contributed by atoms with Crippen molar-refractivity contribution in [2.24, 2.45) is 0 Å². The molecule has 18 heavy (non-hydrogen) atoms. The van der Waals surface area contributed by atoms with Crippen LogP contribution in [0.4, 0.5) is 0 Å². The van der Waals surface area contributed by atoms with Crippen LogP contribution in [0.25, 0.3) is 0 Å². The van der Waals surface area contributed by atoms with Gasteiger partial charge in [0.15, 0.2) is 0 Å². The molecular formula is C14H20Cl2Zr2-2. The predicted octanol–water partition coefficient (Wildman–Crippen LogP) is -1.43. The van der Waals surface area contributed by atoms with Gasteiger partial charge in [-0.25, -0.2) is 0 Å². The summed E-state index contributed by atoms with van der Waals surface area (Å²) in [5, 5.41) is 0. The molecule has 2 rings (SSSR count). The molecule has 4 heteroatoms. The topological polar surface area (TPSA) is 0 Å². The Morgan fingerprint density at radius 1 is 0.667 bits per heavy atom. The standard InChI is InChI=1S/2C7H10.2ClH.2Zr/c2*1-6-3-4-7(2)5-6;;;;/h2*3,5H,4H2,1-2H3;2*1H;;/p-2. The summed E-state index contributed by atoms with van der Waals surface area (Å²) in [4.78, 5) is 0. The maximum Gasteiger partial charge on any atom is 0 e. The van der Waals surface area contributed by atoms with Gasteiger partial charge in [-0.15, -0.1) is 0 Å². The summed E-state index contributed by atoms with van der Waals surface area (Å²) in [6, 6.07) is 0. The van der Waals surface area contributed by atoms with Crippen molar-refractivity contribution in [3.8, 4) is 0 Å². The number of rotatable bonds is 0. The molecule has 0 N–H and O–H groups in total. The minimum Gasteiger partial charge on any atom is -1.00 e. The molecule has 0 atom stereocenters. The Morgan fingerprint density at radius 2 is 0.944 bits per heavy atom. The van der Waals surface area contributed by atoms with E-state index in [0.29, 0.717) is 0 Å². The van der Waals surface area contributed by atoms with Gasteiger partial charge in [0.2, 0.25) is 0 Å². The van der Waals surface area contributed by atoms with E-state index in [4.69, 9.17) is 0 Å². The van der Waals surface area contributed by atoms with E-state index in [1.54, 1.807) is 0 Å². The number of halogens is 2. The van der Waals surface area contributed by atoms with Crippen LogP contribution in [0.1, 0.15) is 40.5 Å². The van der Waals surface area contributed by atoms with E-state index in [0.717, 1.165) is 0 Å². The molecule has 0 saturated carbocycles. The first-order chi connectivity index (χ1) is 6.58. The summed E-state index contributed by atoms with van der Waals surface area (Å²) >= 11 is 0. The fourth-order valence-corrected chi connectivity index (χ4v) is 1.66. The molecule has 0 bridgehead atoms. The zero-order valence-corrected chi connectivity index (χ0v) is 17.9. The van der Waals surface area contributed by atoms with Crippen LogP contribution in [0.5, 0.6) is 0 Å². The normalized spacial score (nSPS) is 14.9. The van der Waals surface area contributed by atoms with Gasteiger partial charge < -0.3 is 24.8 Å². The van der Waals surface area contributed by atoms with Gasteiger partial charge in [0, 0.05) is 52.4 Å². The first-order valence-corrected chi connectivity index (χ1v) is 5.26. The Hall–Kier alpha value is 1.31. The molecule has 2 aliphatic rings. The van der Waals surface area contributed by atoms with Crippen molar-refractivity contribution in [3.05, 3.63) is 46.6 Å². The first kappa shape index (κ1) is 27.6. The molecule has 2 aliphatic carbocycles. The van der Waals surface area contributed by atoms with E-state index in [-0.39, 0.29) is 77.2 Å². The molecule has 0 spiro atoms. The van der Waals surface area contributed by atoms with Gasteiger partial charge in [-0.3, -0.25) is 0 Å². The second-order valence-corrected chi connectivity index (χ2v) is 4.29. The van der Waals surface area contributed by atoms with Crippen molar-refractivity contribution in [1.29, 1.82) is 0 Å². The van der Waals surface area contributed by atoms with Crippen molar-refractivity contribution in [1.82, 2.24) is 0 Å². The molecule has 0 saturated heterocycles. The van der Waals surface area contributed by atoms with Crippen LogP contribution in [-0.2, 0) is 52.4 Å². The summed E-state index contributed by atoms with van der Waals surface area (Å²) in [5.41, 5.74) is 5.80. The number of allylic oxidation sites excluding steroid dienone is 8. The third-order valence-electron chi connectivity index (χ3n) is 2.44. The SMILES string of the molecule is CC1=CCC(C)=C1.CC1=CCC(C)=C1.[Cl-].[Cl-].[Zr].[Zr]. The summed E-state index contributed by atoms with van der Waals surface area (Å²) in [5.74, 6) is 0. The van der Waals surface area contributed by atoms with Gasteiger partial charge in [-0.2, -0.15) is 0 Å². The molecule has 0 aromatic carbocycles. The Kier molecular flexibility index (Phi) is 22.6. The third kappa shape index (κ3) is 12.3. The van der Waals surface area contributed by atoms with E-state index in [2.05, 4.69) is 52.0 Å². The maximum absolute atomic E-state index is 2.25. The van der Waals surface area contributed by atoms with Crippen LogP contribution in [0.2, 0.25) is 0 Å². The summed E-state index contributed by atoms with van der Waals surface area (Å²) < 4.78 is 0. The largest absolute Gasteiger partial charge is 1.00 e. The van der Waals surface area contributed by atoms with Crippen molar-refractivity contribution in [2.75, 3.05) is 0 Å². The van der Waals surface area contributed by atoms with Gasteiger partial charge in [-0.1, -0.05) is 46.6 Å². The fraction of sp³-hybridized carbons (Fsp3) is 0.429. The average Bonchev–Trinajstić information content (AvgIpc) is 2.63. The Labute approximate surface area is 163 Å². The molecule has 0 unspecified atom stereocenters. The monoisotopic (exact) mass is 438 g/mol. The zero-order chi connectivity index (χ0) is 10.6. The van der Waals surface area contributed by atoms with Crippen molar-refractivity contribution in [2.45, 2.75) is 40.5 Å². The second kappa shape index (κ2) is 14.7. The molecule has 0 amide bonds. The molecule has 0 radical (unpaired) electrons. The number of hydrogen-bond donors (Lipinski definition) is 0. The average molecular weight is 442 g/mol. The fourth-order valence-electron chi connectivity index (χ4n) is 1.66. The Bertz CT molecular complexity index is 306. The third-order valence-corrected chi connectivity index (χ3v) is 2.44.